The van der Waals surface area contributed by atoms with E-state index in [1.54, 1.807) is 25.7 Å². The lowest BCUT2D eigenvalue weighted by molar-refractivity contribution is -0.126. The van der Waals surface area contributed by atoms with Crippen molar-refractivity contribution in [1.82, 2.24) is 20.5 Å². The Balaban J connectivity index is 1.52. The summed E-state index contributed by atoms with van der Waals surface area (Å²) in [6, 6.07) is 6.04. The predicted molar refractivity (Wildman–Crippen MR) is 124 cm³/mol. The van der Waals surface area contributed by atoms with Crippen molar-refractivity contribution in [2.75, 3.05) is 26.2 Å². The maximum Gasteiger partial charge on any atom is 0.407 e. The fraction of sp³-hybridized carbons (Fsp3) is 0.542. The van der Waals surface area contributed by atoms with Crippen LogP contribution in [0, 0.1) is 19.8 Å². The van der Waals surface area contributed by atoms with Crippen LogP contribution in [0.2, 0.25) is 0 Å². The summed E-state index contributed by atoms with van der Waals surface area (Å²) in [6.45, 7) is 11.1. The smallest absolute Gasteiger partial charge is 0.407 e. The minimum atomic E-state index is -0.562. The topological polar surface area (TPSA) is 104 Å². The van der Waals surface area contributed by atoms with Crippen LogP contribution >= 0.6 is 0 Å². The maximum atomic E-state index is 13.1. The van der Waals surface area contributed by atoms with Gasteiger partial charge in [0.2, 0.25) is 5.91 Å². The van der Waals surface area contributed by atoms with Crippen LogP contribution in [0.3, 0.4) is 0 Å². The SMILES string of the molecule is Cc1cc(C)c2cc(C(=O)N3CCCC(C(=O)NCCNC(=O)OC(C)(C)C)C3)[nH]c2c1. The molecule has 1 atom stereocenters. The number of aromatic nitrogens is 1. The highest BCUT2D eigenvalue weighted by Crippen LogP contribution is 2.24. The number of fused-ring (bicyclic) bond motifs is 1. The molecule has 2 aromatic rings. The zero-order chi connectivity index (χ0) is 23.5. The van der Waals surface area contributed by atoms with Crippen molar-refractivity contribution in [3.8, 4) is 0 Å². The van der Waals surface area contributed by atoms with Crippen LogP contribution in [-0.2, 0) is 9.53 Å². The molecule has 1 unspecified atom stereocenters. The summed E-state index contributed by atoms with van der Waals surface area (Å²) in [4.78, 5) is 42.3. The second kappa shape index (κ2) is 9.63. The van der Waals surface area contributed by atoms with Gasteiger partial charge in [0.15, 0.2) is 0 Å². The standard InChI is InChI=1S/C24H34N4O4/c1-15-11-16(2)18-13-20(27-19(18)12-15)22(30)28-10-6-7-17(14-28)21(29)25-8-9-26-23(31)32-24(3,4)5/h11-13,17,27H,6-10,14H2,1-5H3,(H,25,29)(H,26,31). The number of nitrogens with zero attached hydrogens (tertiary/aromatic N) is 1. The van der Waals surface area contributed by atoms with Gasteiger partial charge in [0, 0.05) is 37.1 Å². The van der Waals surface area contributed by atoms with Crippen molar-refractivity contribution >= 4 is 28.8 Å². The Morgan fingerprint density at radius 2 is 1.84 bits per heavy atom. The van der Waals surface area contributed by atoms with Gasteiger partial charge in [-0.05, 0) is 70.7 Å². The summed E-state index contributed by atoms with van der Waals surface area (Å²) >= 11 is 0. The molecule has 0 aliphatic carbocycles. The van der Waals surface area contributed by atoms with Crippen LogP contribution in [0.1, 0.15) is 55.2 Å². The zero-order valence-electron chi connectivity index (χ0n) is 19.6. The molecule has 0 radical (unpaired) electrons. The van der Waals surface area contributed by atoms with Gasteiger partial charge in [-0.15, -0.1) is 0 Å². The molecular weight excluding hydrogens is 408 g/mol. The number of hydrogen-bond acceptors (Lipinski definition) is 4. The lowest BCUT2D eigenvalue weighted by Gasteiger charge is -2.31. The zero-order valence-corrected chi connectivity index (χ0v) is 19.6. The first kappa shape index (κ1) is 23.6. The molecule has 174 valence electrons. The summed E-state index contributed by atoms with van der Waals surface area (Å²) in [5, 5.41) is 6.52. The molecule has 3 amide bonds. The van der Waals surface area contributed by atoms with Gasteiger partial charge in [-0.3, -0.25) is 9.59 Å². The number of aryl methyl sites for hydroxylation is 2. The van der Waals surface area contributed by atoms with E-state index in [1.165, 1.54) is 0 Å². The number of likely N-dealkylation sites (tertiary alicyclic amines) is 1. The number of nitrogens with one attached hydrogen (secondary N) is 3. The molecule has 1 aliphatic heterocycles. The third-order valence-corrected chi connectivity index (χ3v) is 5.49. The highest BCUT2D eigenvalue weighted by Gasteiger charge is 2.29. The number of amides is 3. The van der Waals surface area contributed by atoms with Gasteiger partial charge in [0.25, 0.3) is 5.91 Å². The largest absolute Gasteiger partial charge is 0.444 e. The molecule has 3 N–H and O–H groups in total. The molecule has 3 rings (SSSR count). The molecule has 8 heteroatoms. The van der Waals surface area contributed by atoms with E-state index in [9.17, 15) is 14.4 Å². The number of carbonyl (C=O) groups is 3. The first-order chi connectivity index (χ1) is 15.0. The number of aromatic amines is 1. The second-order valence-corrected chi connectivity index (χ2v) is 9.54. The van der Waals surface area contributed by atoms with Gasteiger partial charge in [-0.2, -0.15) is 0 Å². The van der Waals surface area contributed by atoms with Gasteiger partial charge in [0.1, 0.15) is 11.3 Å². The Morgan fingerprint density at radius 3 is 2.56 bits per heavy atom. The lowest BCUT2D eigenvalue weighted by atomic mass is 9.97. The van der Waals surface area contributed by atoms with Crippen molar-refractivity contribution in [3.63, 3.8) is 0 Å². The maximum absolute atomic E-state index is 13.1. The summed E-state index contributed by atoms with van der Waals surface area (Å²) < 4.78 is 5.17. The molecule has 1 aliphatic rings. The Hall–Kier alpha value is -3.03. The molecule has 32 heavy (non-hydrogen) atoms. The predicted octanol–water partition coefficient (Wildman–Crippen LogP) is 3.28. The molecule has 8 nitrogen and oxygen atoms in total. The van der Waals surface area contributed by atoms with Crippen molar-refractivity contribution in [2.24, 2.45) is 5.92 Å². The van der Waals surface area contributed by atoms with Gasteiger partial charge in [-0.25, -0.2) is 4.79 Å². The quantitative estimate of drug-likeness (QED) is 0.618. The Kier molecular flexibility index (Phi) is 7.11. The van der Waals surface area contributed by atoms with Gasteiger partial charge >= 0.3 is 6.09 Å². The minimum absolute atomic E-state index is 0.0812. The molecule has 0 bridgehead atoms. The second-order valence-electron chi connectivity index (χ2n) is 9.54. The number of rotatable bonds is 5. The van der Waals surface area contributed by atoms with E-state index in [2.05, 4.69) is 21.7 Å². The summed E-state index contributed by atoms with van der Waals surface area (Å²) in [6.07, 6.45) is 1.00. The minimum Gasteiger partial charge on any atom is -0.444 e. The van der Waals surface area contributed by atoms with Gasteiger partial charge < -0.3 is 25.3 Å². The first-order valence-corrected chi connectivity index (χ1v) is 11.2. The Labute approximate surface area is 189 Å². The highest BCUT2D eigenvalue weighted by molar-refractivity contribution is 5.99. The van der Waals surface area contributed by atoms with Gasteiger partial charge in [-0.1, -0.05) is 6.07 Å². The molecule has 1 saturated heterocycles. The number of carbonyl (C=O) groups excluding carboxylic acids is 3. The molecule has 1 aromatic carbocycles. The summed E-state index contributed by atoms with van der Waals surface area (Å²) in [5.74, 6) is -0.443. The number of ether oxygens (including phenoxy) is 1. The van der Waals surface area contributed by atoms with Crippen LogP contribution in [0.4, 0.5) is 4.79 Å². The third kappa shape index (κ3) is 6.02. The fourth-order valence-corrected chi connectivity index (χ4v) is 4.07. The lowest BCUT2D eigenvalue weighted by Crippen LogP contribution is -2.46. The highest BCUT2D eigenvalue weighted by atomic mass is 16.6. The molecular formula is C24H34N4O4. The summed E-state index contributed by atoms with van der Waals surface area (Å²) in [5.41, 5.74) is 3.22. The van der Waals surface area contributed by atoms with Crippen molar-refractivity contribution < 1.29 is 19.1 Å². The molecule has 0 spiro atoms. The van der Waals surface area contributed by atoms with Crippen LogP contribution in [-0.4, -0.2) is 59.6 Å². The first-order valence-electron chi connectivity index (χ1n) is 11.2. The van der Waals surface area contributed by atoms with Crippen molar-refractivity contribution in [3.05, 3.63) is 35.0 Å². The molecule has 2 heterocycles. The number of piperidine rings is 1. The average molecular weight is 443 g/mol. The van der Waals surface area contributed by atoms with Crippen LogP contribution in [0.15, 0.2) is 18.2 Å². The fourth-order valence-electron chi connectivity index (χ4n) is 4.07. The molecule has 0 saturated carbocycles. The van der Waals surface area contributed by atoms with Crippen LogP contribution in [0.25, 0.3) is 10.9 Å². The number of H-pyrrole nitrogens is 1. The van der Waals surface area contributed by atoms with E-state index in [4.69, 9.17) is 4.74 Å². The van der Waals surface area contributed by atoms with Crippen LogP contribution in [0.5, 0.6) is 0 Å². The number of alkyl carbamates (subject to hydrolysis) is 1. The Bertz CT molecular complexity index is 1010. The molecule has 1 aromatic heterocycles. The van der Waals surface area contributed by atoms with Crippen molar-refractivity contribution in [2.45, 2.75) is 53.1 Å². The normalized spacial score (nSPS) is 16.7. The average Bonchev–Trinajstić information content (AvgIpc) is 3.13. The molecule has 1 fully saturated rings. The van der Waals surface area contributed by atoms with E-state index in [-0.39, 0.29) is 24.3 Å². The number of benzene rings is 1. The van der Waals surface area contributed by atoms with E-state index < -0.39 is 11.7 Å². The number of hydrogen-bond donors (Lipinski definition) is 3. The van der Waals surface area contributed by atoms with E-state index >= 15 is 0 Å². The monoisotopic (exact) mass is 442 g/mol. The summed E-state index contributed by atoms with van der Waals surface area (Å²) in [7, 11) is 0. The van der Waals surface area contributed by atoms with E-state index in [0.29, 0.717) is 25.3 Å². The van der Waals surface area contributed by atoms with E-state index in [0.717, 1.165) is 34.9 Å². The van der Waals surface area contributed by atoms with Crippen LogP contribution < -0.4 is 10.6 Å². The van der Waals surface area contributed by atoms with Crippen molar-refractivity contribution in [1.29, 1.82) is 0 Å². The van der Waals surface area contributed by atoms with E-state index in [1.807, 2.05) is 26.0 Å². The third-order valence-electron chi connectivity index (χ3n) is 5.49. The van der Waals surface area contributed by atoms with Gasteiger partial charge in [0.05, 0.1) is 5.92 Å². The Morgan fingerprint density at radius 1 is 1.12 bits per heavy atom.